The maximum atomic E-state index is 13.9. The van der Waals surface area contributed by atoms with Gasteiger partial charge >= 0.3 is 0 Å². The molecule has 0 bridgehead atoms. The van der Waals surface area contributed by atoms with Gasteiger partial charge in [0.05, 0.1) is 11.3 Å². The van der Waals surface area contributed by atoms with Gasteiger partial charge in [-0.05, 0) is 54.3 Å². The van der Waals surface area contributed by atoms with Crippen molar-refractivity contribution in [2.24, 2.45) is 0 Å². The zero-order chi connectivity index (χ0) is 25.1. The summed E-state index contributed by atoms with van der Waals surface area (Å²) in [4.78, 5) is 30.9. The van der Waals surface area contributed by atoms with E-state index in [-0.39, 0.29) is 11.8 Å². The average Bonchev–Trinajstić information content (AvgIpc) is 2.90. The van der Waals surface area contributed by atoms with E-state index in [9.17, 15) is 9.59 Å². The summed E-state index contributed by atoms with van der Waals surface area (Å²) in [6, 6.07) is 33.5. The number of amides is 2. The van der Waals surface area contributed by atoms with Crippen LogP contribution in [0.1, 0.15) is 38.2 Å². The third-order valence-corrected chi connectivity index (χ3v) is 6.60. The molecule has 4 nitrogen and oxygen atoms in total. The maximum Gasteiger partial charge on any atom is 0.267 e. The second-order valence-electron chi connectivity index (χ2n) is 9.18. The van der Waals surface area contributed by atoms with E-state index in [0.29, 0.717) is 35.5 Å². The molecule has 36 heavy (non-hydrogen) atoms. The van der Waals surface area contributed by atoms with Crippen LogP contribution in [-0.4, -0.2) is 16.7 Å². The minimum absolute atomic E-state index is 0.298. The summed E-state index contributed by atoms with van der Waals surface area (Å²) in [7, 11) is 0. The molecule has 1 aliphatic heterocycles. The van der Waals surface area contributed by atoms with Crippen molar-refractivity contribution in [1.82, 2.24) is 4.90 Å². The van der Waals surface area contributed by atoms with Crippen LogP contribution in [0, 0.1) is 13.8 Å². The number of aryl methyl sites for hydroxylation is 2. The predicted octanol–water partition coefficient (Wildman–Crippen LogP) is 6.53. The van der Waals surface area contributed by atoms with Gasteiger partial charge in [0, 0.05) is 30.4 Å². The Balaban J connectivity index is 1.61. The van der Waals surface area contributed by atoms with Gasteiger partial charge in [0.2, 0.25) is 0 Å². The lowest BCUT2D eigenvalue weighted by Crippen LogP contribution is -2.42. The van der Waals surface area contributed by atoms with Gasteiger partial charge in [0.15, 0.2) is 0 Å². The number of carbonyl (C=O) groups excluding carboxylic acids is 2. The molecule has 1 heterocycles. The first-order valence-electron chi connectivity index (χ1n) is 12.1. The van der Waals surface area contributed by atoms with E-state index in [1.165, 1.54) is 4.90 Å². The summed E-state index contributed by atoms with van der Waals surface area (Å²) in [6.45, 7) is 5.27. The minimum atomic E-state index is -0.312. The number of carbonyl (C=O) groups is 2. The van der Waals surface area contributed by atoms with E-state index >= 15 is 0 Å². The zero-order valence-corrected chi connectivity index (χ0v) is 20.5. The number of imide groups is 1. The van der Waals surface area contributed by atoms with Gasteiger partial charge in [-0.25, -0.2) is 4.90 Å². The van der Waals surface area contributed by atoms with E-state index in [2.05, 4.69) is 29.2 Å². The molecule has 2 amide bonds. The fourth-order valence-electron chi connectivity index (χ4n) is 4.54. The van der Waals surface area contributed by atoms with E-state index in [1.807, 2.05) is 92.8 Å². The molecule has 0 N–H and O–H groups in total. The smallest absolute Gasteiger partial charge is 0.267 e. The Morgan fingerprint density at radius 1 is 0.639 bits per heavy atom. The molecule has 4 heteroatoms. The lowest BCUT2D eigenvalue weighted by molar-refractivity contribution is -0.112. The highest BCUT2D eigenvalue weighted by molar-refractivity contribution is 6.41. The Bertz CT molecular complexity index is 1400. The zero-order valence-electron chi connectivity index (χ0n) is 20.5. The normalized spacial score (nSPS) is 14.2. The molecule has 1 aliphatic rings. The Morgan fingerprint density at radius 3 is 1.78 bits per heavy atom. The first-order valence-corrected chi connectivity index (χ1v) is 12.1. The topological polar surface area (TPSA) is 40.6 Å². The summed E-state index contributed by atoms with van der Waals surface area (Å²) in [5.41, 5.74) is 6.73. The number of hydrogen-bond donors (Lipinski definition) is 0. The van der Waals surface area contributed by atoms with E-state index < -0.39 is 0 Å². The monoisotopic (exact) mass is 472 g/mol. The molecule has 4 aromatic rings. The highest BCUT2D eigenvalue weighted by atomic mass is 16.2. The molecule has 0 radical (unpaired) electrons. The van der Waals surface area contributed by atoms with Crippen molar-refractivity contribution in [2.75, 3.05) is 4.90 Å². The van der Waals surface area contributed by atoms with Crippen LogP contribution in [0.15, 0.2) is 109 Å². The van der Waals surface area contributed by atoms with Gasteiger partial charge in [0.1, 0.15) is 0 Å². The fourth-order valence-corrected chi connectivity index (χ4v) is 4.54. The van der Waals surface area contributed by atoms with Crippen LogP contribution in [-0.2, 0) is 17.9 Å². The van der Waals surface area contributed by atoms with Crippen molar-refractivity contribution < 1.29 is 9.59 Å². The van der Waals surface area contributed by atoms with E-state index in [0.717, 1.165) is 22.3 Å². The third-order valence-electron chi connectivity index (χ3n) is 6.60. The number of fused-ring (bicyclic) bond motifs is 1. The van der Waals surface area contributed by atoms with Crippen molar-refractivity contribution in [3.05, 3.63) is 143 Å². The van der Waals surface area contributed by atoms with Crippen molar-refractivity contribution in [2.45, 2.75) is 26.9 Å². The van der Waals surface area contributed by atoms with Gasteiger partial charge in [-0.15, -0.1) is 0 Å². The van der Waals surface area contributed by atoms with Crippen molar-refractivity contribution >= 4 is 23.1 Å². The van der Waals surface area contributed by atoms with Crippen LogP contribution in [0.3, 0.4) is 0 Å². The number of nitrogens with zero attached hydrogens (tertiary/aromatic N) is 2. The SMILES string of the molecule is Cc1ccc(N2C(=O)/C(=C\N(Cc3ccccc3)Cc3ccccc3)c3ccccc3C2=O)cc1C. The molecule has 0 aromatic heterocycles. The molecule has 0 saturated carbocycles. The quantitative estimate of drug-likeness (QED) is 0.236. The number of hydrogen-bond acceptors (Lipinski definition) is 3. The molecule has 178 valence electrons. The molecule has 0 aliphatic carbocycles. The number of benzene rings is 4. The Kier molecular flexibility index (Phi) is 6.50. The molecule has 0 unspecified atom stereocenters. The lowest BCUT2D eigenvalue weighted by Gasteiger charge is -2.31. The van der Waals surface area contributed by atoms with Crippen molar-refractivity contribution in [1.29, 1.82) is 0 Å². The average molecular weight is 473 g/mol. The molecule has 0 fully saturated rings. The summed E-state index contributed by atoms with van der Waals surface area (Å²) in [6.07, 6.45) is 1.92. The first-order chi connectivity index (χ1) is 17.5. The summed E-state index contributed by atoms with van der Waals surface area (Å²) in [5, 5.41) is 0. The summed E-state index contributed by atoms with van der Waals surface area (Å²) >= 11 is 0. The second kappa shape index (κ2) is 10.0. The van der Waals surface area contributed by atoms with Crippen LogP contribution in [0.2, 0.25) is 0 Å². The van der Waals surface area contributed by atoms with Gasteiger partial charge in [0.25, 0.3) is 11.8 Å². The third kappa shape index (κ3) is 4.71. The molecular weight excluding hydrogens is 444 g/mol. The van der Waals surface area contributed by atoms with Crippen LogP contribution in [0.25, 0.3) is 5.57 Å². The molecule has 0 saturated heterocycles. The predicted molar refractivity (Wildman–Crippen MR) is 144 cm³/mol. The molecule has 0 spiro atoms. The fraction of sp³-hybridized carbons (Fsp3) is 0.125. The number of rotatable bonds is 6. The highest BCUT2D eigenvalue weighted by Gasteiger charge is 2.36. The van der Waals surface area contributed by atoms with E-state index in [1.54, 1.807) is 6.07 Å². The van der Waals surface area contributed by atoms with Crippen molar-refractivity contribution in [3.8, 4) is 0 Å². The minimum Gasteiger partial charge on any atom is -0.368 e. The van der Waals surface area contributed by atoms with Crippen LogP contribution >= 0.6 is 0 Å². The van der Waals surface area contributed by atoms with Gasteiger partial charge in [-0.3, -0.25) is 9.59 Å². The van der Waals surface area contributed by atoms with Crippen LogP contribution in [0.5, 0.6) is 0 Å². The Hall–Kier alpha value is -4.44. The van der Waals surface area contributed by atoms with E-state index in [4.69, 9.17) is 0 Å². The van der Waals surface area contributed by atoms with Gasteiger partial charge in [-0.1, -0.05) is 84.9 Å². The van der Waals surface area contributed by atoms with Crippen LogP contribution < -0.4 is 4.90 Å². The highest BCUT2D eigenvalue weighted by Crippen LogP contribution is 2.33. The maximum absolute atomic E-state index is 13.9. The first kappa shape index (κ1) is 23.3. The van der Waals surface area contributed by atoms with Gasteiger partial charge < -0.3 is 4.90 Å². The van der Waals surface area contributed by atoms with Crippen molar-refractivity contribution in [3.63, 3.8) is 0 Å². The van der Waals surface area contributed by atoms with Crippen LogP contribution in [0.4, 0.5) is 5.69 Å². The number of anilines is 1. The standard InChI is InChI=1S/C32H28N2O2/c1-23-17-18-27(19-24(23)2)34-31(35)29-16-10-9-15-28(29)30(32(34)36)22-33(20-25-11-5-3-6-12-25)21-26-13-7-4-8-14-26/h3-19,22H,20-21H2,1-2H3/b30-22-. The molecule has 5 rings (SSSR count). The second-order valence-corrected chi connectivity index (χ2v) is 9.18. The summed E-state index contributed by atoms with van der Waals surface area (Å²) in [5.74, 6) is -0.609. The lowest BCUT2D eigenvalue weighted by atomic mass is 9.93. The Labute approximate surface area is 212 Å². The molecule has 4 aromatic carbocycles. The van der Waals surface area contributed by atoms with Gasteiger partial charge in [-0.2, -0.15) is 0 Å². The summed E-state index contributed by atoms with van der Waals surface area (Å²) < 4.78 is 0. The Morgan fingerprint density at radius 2 is 1.19 bits per heavy atom. The molecular formula is C32H28N2O2. The molecule has 0 atom stereocenters. The largest absolute Gasteiger partial charge is 0.368 e.